The number of fused-ring (bicyclic) bond motifs is 3. The predicted octanol–water partition coefficient (Wildman–Crippen LogP) is 13.5. The number of nitrogens with one attached hydrogen (secondary N) is 1. The van der Waals surface area contributed by atoms with Gasteiger partial charge in [-0.05, 0) is 99.3 Å². The Kier molecular flexibility index (Phi) is 15.7. The Morgan fingerprint density at radius 3 is 1.61 bits per heavy atom. The van der Waals surface area contributed by atoms with Crippen LogP contribution in [0.1, 0.15) is 49.9 Å². The van der Waals surface area contributed by atoms with Gasteiger partial charge in [-0.25, -0.2) is 0 Å². The third kappa shape index (κ3) is 11.0. The average Bonchev–Trinajstić information content (AvgIpc) is 3.49. The van der Waals surface area contributed by atoms with Crippen molar-refractivity contribution in [3.8, 4) is 44.5 Å². The highest BCUT2D eigenvalue weighted by Crippen LogP contribution is 2.49. The van der Waals surface area contributed by atoms with E-state index in [0.717, 1.165) is 11.1 Å². The van der Waals surface area contributed by atoms with Gasteiger partial charge >= 0.3 is 0 Å². The molecule has 7 rings (SSSR count). The first-order chi connectivity index (χ1) is 27.1. The SMILES string of the molecule is C=C/C(C)=C\C=C/C.C=CC=C.CC1(C)c2ccccc2-c2cc(-c3cccc(-c4cccc(-c5cccc(CN)c5)c4)c3)ccc21.N=C(N)c1ccccc1. The third-order valence-corrected chi connectivity index (χ3v) is 9.60. The van der Waals surface area contributed by atoms with Crippen molar-refractivity contribution in [3.63, 3.8) is 0 Å². The van der Waals surface area contributed by atoms with Gasteiger partial charge in [0.1, 0.15) is 5.84 Å². The summed E-state index contributed by atoms with van der Waals surface area (Å²) in [5.41, 5.74) is 27.1. The molecule has 0 radical (unpaired) electrons. The van der Waals surface area contributed by atoms with Crippen LogP contribution in [0.3, 0.4) is 0 Å². The lowest BCUT2D eigenvalue weighted by Gasteiger charge is -2.21. The van der Waals surface area contributed by atoms with Gasteiger partial charge in [-0.2, -0.15) is 0 Å². The lowest BCUT2D eigenvalue weighted by Crippen LogP contribution is -2.14. The minimum Gasteiger partial charge on any atom is -0.384 e. The Hall–Kier alpha value is -6.55. The van der Waals surface area contributed by atoms with Crippen molar-refractivity contribution in [3.05, 3.63) is 230 Å². The van der Waals surface area contributed by atoms with Crippen LogP contribution in [0.15, 0.2) is 207 Å². The molecule has 56 heavy (non-hydrogen) atoms. The number of rotatable bonds is 8. The molecule has 0 bridgehead atoms. The molecule has 1 aliphatic carbocycles. The molecule has 5 N–H and O–H groups in total. The minimum absolute atomic E-state index is 0.0357. The van der Waals surface area contributed by atoms with Gasteiger partial charge in [0, 0.05) is 17.5 Å². The summed E-state index contributed by atoms with van der Waals surface area (Å²) >= 11 is 0. The first-order valence-electron chi connectivity index (χ1n) is 18.9. The molecule has 1 aliphatic rings. The second-order valence-corrected chi connectivity index (χ2v) is 13.9. The zero-order valence-corrected chi connectivity index (χ0v) is 33.3. The van der Waals surface area contributed by atoms with Crippen LogP contribution >= 0.6 is 0 Å². The van der Waals surface area contributed by atoms with Crippen LogP contribution in [0.5, 0.6) is 0 Å². The molecule has 0 atom stereocenters. The van der Waals surface area contributed by atoms with E-state index >= 15 is 0 Å². The van der Waals surface area contributed by atoms with Gasteiger partial charge in [0.25, 0.3) is 0 Å². The summed E-state index contributed by atoms with van der Waals surface area (Å²) < 4.78 is 0. The van der Waals surface area contributed by atoms with Crippen LogP contribution < -0.4 is 11.5 Å². The molecule has 0 saturated heterocycles. The van der Waals surface area contributed by atoms with Crippen LogP contribution in [-0.2, 0) is 12.0 Å². The lowest BCUT2D eigenvalue weighted by molar-refractivity contribution is 0.660. The van der Waals surface area contributed by atoms with Gasteiger partial charge in [0.2, 0.25) is 0 Å². The number of hydrogen-bond donors (Lipinski definition) is 3. The second-order valence-electron chi connectivity index (χ2n) is 13.9. The highest BCUT2D eigenvalue weighted by Gasteiger charge is 2.35. The third-order valence-electron chi connectivity index (χ3n) is 9.60. The van der Waals surface area contributed by atoms with E-state index in [1.54, 1.807) is 12.2 Å². The molecular formula is C53H55N3. The minimum atomic E-state index is 0.0357. The topological polar surface area (TPSA) is 75.9 Å². The summed E-state index contributed by atoms with van der Waals surface area (Å²) in [6.45, 7) is 19.6. The number of nitrogens with two attached hydrogens (primary N) is 2. The molecular weight excluding hydrogens is 679 g/mol. The number of amidine groups is 1. The highest BCUT2D eigenvalue weighted by atomic mass is 14.7. The van der Waals surface area contributed by atoms with E-state index in [1.807, 2.05) is 68.5 Å². The monoisotopic (exact) mass is 733 g/mol. The lowest BCUT2D eigenvalue weighted by atomic mass is 9.82. The first kappa shape index (κ1) is 42.2. The number of allylic oxidation sites excluding steroid dienone is 7. The maximum Gasteiger partial charge on any atom is 0.122 e. The summed E-state index contributed by atoms with van der Waals surface area (Å²) in [6.07, 6.45) is 11.1. The molecule has 0 heterocycles. The Labute approximate surface area is 335 Å². The van der Waals surface area contributed by atoms with E-state index < -0.39 is 0 Å². The smallest absolute Gasteiger partial charge is 0.122 e. The van der Waals surface area contributed by atoms with E-state index in [9.17, 15) is 0 Å². The molecule has 0 unspecified atom stereocenters. The molecule has 0 saturated carbocycles. The maximum absolute atomic E-state index is 7.01. The van der Waals surface area contributed by atoms with Crippen molar-refractivity contribution < 1.29 is 0 Å². The van der Waals surface area contributed by atoms with Gasteiger partial charge in [-0.3, -0.25) is 5.41 Å². The molecule has 0 aliphatic heterocycles. The van der Waals surface area contributed by atoms with E-state index in [1.165, 1.54) is 61.2 Å². The molecule has 6 aromatic carbocycles. The number of benzene rings is 6. The van der Waals surface area contributed by atoms with Gasteiger partial charge in [0.15, 0.2) is 0 Å². The molecule has 0 fully saturated rings. The molecule has 0 spiro atoms. The fourth-order valence-electron chi connectivity index (χ4n) is 6.47. The molecule has 3 nitrogen and oxygen atoms in total. The van der Waals surface area contributed by atoms with Crippen LogP contribution in [-0.4, -0.2) is 5.84 Å². The standard InChI is InChI=1S/C34H29N.C8H12.C7H8N2.C4H6/c1-34(2)32-15-4-3-14-30(32)31-21-29(16-17-33(31)34)28-13-7-12-27(20-28)26-11-6-10-25(19-26)24-9-5-8-23(18-24)22-35;1-4-6-7-8(3)5-2;8-7(9)6-4-2-1-3-5-6;1-3-4-2/h3-21H,22,35H2,1-2H3;4-7H,2H2,1,3H3;1-5H,(H3,8,9);3-4H,1-2H2/b;6-4-,8-7-;;. The van der Waals surface area contributed by atoms with Crippen molar-refractivity contribution in [1.82, 2.24) is 0 Å². The van der Waals surface area contributed by atoms with Crippen LogP contribution in [0.4, 0.5) is 0 Å². The fourth-order valence-corrected chi connectivity index (χ4v) is 6.47. The van der Waals surface area contributed by atoms with E-state index in [-0.39, 0.29) is 11.3 Å². The largest absolute Gasteiger partial charge is 0.384 e. The van der Waals surface area contributed by atoms with Crippen molar-refractivity contribution >= 4 is 5.84 Å². The molecule has 0 aromatic heterocycles. The summed E-state index contributed by atoms with van der Waals surface area (Å²) in [5.74, 6) is 0.121. The summed E-state index contributed by atoms with van der Waals surface area (Å²) in [7, 11) is 0. The van der Waals surface area contributed by atoms with E-state index in [0.29, 0.717) is 6.54 Å². The van der Waals surface area contributed by atoms with E-state index in [2.05, 4.69) is 149 Å². The summed E-state index contributed by atoms with van der Waals surface area (Å²) in [6, 6.07) is 51.2. The van der Waals surface area contributed by atoms with Crippen molar-refractivity contribution in [2.45, 2.75) is 39.7 Å². The van der Waals surface area contributed by atoms with Gasteiger partial charge in [-0.15, -0.1) is 0 Å². The van der Waals surface area contributed by atoms with Crippen molar-refractivity contribution in [2.24, 2.45) is 11.5 Å². The fraction of sp³-hybridized carbons (Fsp3) is 0.113. The molecule has 3 heteroatoms. The van der Waals surface area contributed by atoms with Crippen molar-refractivity contribution in [2.75, 3.05) is 0 Å². The Morgan fingerprint density at radius 2 is 1.11 bits per heavy atom. The molecule has 282 valence electrons. The molecule has 6 aromatic rings. The van der Waals surface area contributed by atoms with Crippen molar-refractivity contribution in [1.29, 1.82) is 5.41 Å². The van der Waals surface area contributed by atoms with E-state index in [4.69, 9.17) is 16.9 Å². The average molecular weight is 734 g/mol. The van der Waals surface area contributed by atoms with Crippen LogP contribution in [0.25, 0.3) is 44.5 Å². The number of hydrogen-bond acceptors (Lipinski definition) is 2. The first-order valence-corrected chi connectivity index (χ1v) is 18.9. The second kappa shape index (κ2) is 20.8. The zero-order valence-electron chi connectivity index (χ0n) is 33.3. The Morgan fingerprint density at radius 1 is 0.607 bits per heavy atom. The predicted molar refractivity (Wildman–Crippen MR) is 245 cm³/mol. The summed E-state index contributed by atoms with van der Waals surface area (Å²) in [4.78, 5) is 0. The summed E-state index contributed by atoms with van der Waals surface area (Å²) in [5, 5.41) is 7.01. The van der Waals surface area contributed by atoms with Crippen LogP contribution in [0.2, 0.25) is 0 Å². The van der Waals surface area contributed by atoms with Gasteiger partial charge < -0.3 is 11.5 Å². The Bertz CT molecular complexity index is 2320. The maximum atomic E-state index is 7.01. The van der Waals surface area contributed by atoms with Crippen LogP contribution in [0, 0.1) is 5.41 Å². The van der Waals surface area contributed by atoms with Gasteiger partial charge in [0.05, 0.1) is 0 Å². The Balaban J connectivity index is 0.000000271. The highest BCUT2D eigenvalue weighted by molar-refractivity contribution is 5.94. The quantitative estimate of drug-likeness (QED) is 0.0827. The molecule has 0 amide bonds. The number of nitrogen functional groups attached to an aromatic ring is 1. The normalized spacial score (nSPS) is 11.9. The van der Waals surface area contributed by atoms with Gasteiger partial charge in [-0.1, -0.05) is 197 Å². The zero-order chi connectivity index (χ0) is 40.5.